The summed E-state index contributed by atoms with van der Waals surface area (Å²) in [6, 6.07) is 0. The van der Waals surface area contributed by atoms with Crippen molar-refractivity contribution in [3.63, 3.8) is 0 Å². The second-order valence-electron chi connectivity index (χ2n) is 7.57. The summed E-state index contributed by atoms with van der Waals surface area (Å²) in [4.78, 5) is 0. The van der Waals surface area contributed by atoms with Crippen molar-refractivity contribution in [2.75, 3.05) is 7.05 Å². The minimum absolute atomic E-state index is 0.396. The van der Waals surface area contributed by atoms with Gasteiger partial charge in [0.25, 0.3) is 10.1 Å². The van der Waals surface area contributed by atoms with Crippen LogP contribution in [0.4, 0.5) is 0 Å². The Balaban J connectivity index is 6.83. The molecule has 0 aliphatic carbocycles. The Bertz CT molecular complexity index is 637. The van der Waals surface area contributed by atoms with Gasteiger partial charge in [-0.25, -0.2) is 13.1 Å². The first kappa shape index (κ1) is 22.8. The molecule has 0 aromatic heterocycles. The first-order valence-corrected chi connectivity index (χ1v) is 10.8. The third kappa shape index (κ3) is 2.96. The number of sulfonamides is 1. The van der Waals surface area contributed by atoms with Crippen molar-refractivity contribution in [1.29, 1.82) is 0 Å². The molecule has 2 unspecified atom stereocenters. The summed E-state index contributed by atoms with van der Waals surface area (Å²) in [6.45, 7) is 13.3. The van der Waals surface area contributed by atoms with Gasteiger partial charge >= 0.3 is 0 Å². The van der Waals surface area contributed by atoms with Crippen LogP contribution in [0.3, 0.4) is 0 Å². The number of nitrogens with one attached hydrogen (secondary N) is 1. The third-order valence-electron chi connectivity index (χ3n) is 6.88. The van der Waals surface area contributed by atoms with Crippen molar-refractivity contribution < 1.29 is 21.4 Å². The summed E-state index contributed by atoms with van der Waals surface area (Å²) in [5.41, 5.74) is -1.91. The molecule has 0 aliphatic rings. The molecule has 23 heavy (non-hydrogen) atoms. The molecule has 140 valence electrons. The van der Waals surface area contributed by atoms with Gasteiger partial charge in [-0.3, -0.25) is 4.55 Å². The first-order chi connectivity index (χ1) is 9.93. The summed E-state index contributed by atoms with van der Waals surface area (Å²) in [5, 5.41) is 0. The van der Waals surface area contributed by atoms with E-state index in [-0.39, 0.29) is 0 Å². The maximum absolute atomic E-state index is 12.6. The van der Waals surface area contributed by atoms with Crippen LogP contribution < -0.4 is 4.72 Å². The van der Waals surface area contributed by atoms with Gasteiger partial charge in [0.2, 0.25) is 10.0 Å². The summed E-state index contributed by atoms with van der Waals surface area (Å²) >= 11 is 0. The van der Waals surface area contributed by atoms with Gasteiger partial charge < -0.3 is 0 Å². The minimum atomic E-state index is -4.39. The number of rotatable bonds is 8. The fraction of sp³-hybridized carbons (Fsp3) is 1.00. The summed E-state index contributed by atoms with van der Waals surface area (Å²) in [5.74, 6) is 0. The third-order valence-corrected chi connectivity index (χ3v) is 10.9. The van der Waals surface area contributed by atoms with Gasteiger partial charge in [-0.1, -0.05) is 27.7 Å². The molecule has 2 N–H and O–H groups in total. The molecule has 0 rings (SSSR count). The number of hydrogen-bond acceptors (Lipinski definition) is 4. The van der Waals surface area contributed by atoms with Crippen molar-refractivity contribution in [3.8, 4) is 0 Å². The van der Waals surface area contributed by atoms with Gasteiger partial charge in [0.05, 0.1) is 9.49 Å². The molecule has 2 atom stereocenters. The fourth-order valence-corrected chi connectivity index (χ4v) is 6.21. The van der Waals surface area contributed by atoms with E-state index in [0.29, 0.717) is 12.8 Å². The second-order valence-corrected chi connectivity index (χ2v) is 12.0. The van der Waals surface area contributed by atoms with E-state index in [0.717, 1.165) is 0 Å². The van der Waals surface area contributed by atoms with Gasteiger partial charge in [0.1, 0.15) is 0 Å². The quantitative estimate of drug-likeness (QED) is 0.639. The summed E-state index contributed by atoms with van der Waals surface area (Å²) < 4.78 is 58.8. The topological polar surface area (TPSA) is 101 Å². The Morgan fingerprint density at radius 2 is 1.09 bits per heavy atom. The van der Waals surface area contributed by atoms with E-state index in [1.165, 1.54) is 20.9 Å². The van der Waals surface area contributed by atoms with Crippen LogP contribution in [0.2, 0.25) is 0 Å². The van der Waals surface area contributed by atoms with E-state index in [4.69, 9.17) is 0 Å². The van der Waals surface area contributed by atoms with Crippen molar-refractivity contribution in [1.82, 2.24) is 4.72 Å². The van der Waals surface area contributed by atoms with Crippen LogP contribution in [-0.4, -0.2) is 37.9 Å². The van der Waals surface area contributed by atoms with E-state index in [2.05, 4.69) is 4.72 Å². The van der Waals surface area contributed by atoms with Crippen LogP contribution in [0.15, 0.2) is 0 Å². The molecule has 0 bridgehead atoms. The molecule has 0 heterocycles. The molecule has 0 aliphatic heterocycles. The SMILES string of the molecule is CCC(C)(C(C)(CC)C(C)(C)S(=O)(=O)NC)C(C)(C)S(=O)(=O)O. The second kappa shape index (κ2) is 6.28. The van der Waals surface area contributed by atoms with Crippen molar-refractivity contribution in [3.05, 3.63) is 0 Å². The van der Waals surface area contributed by atoms with E-state index in [1.807, 2.05) is 13.8 Å². The van der Waals surface area contributed by atoms with E-state index in [1.54, 1.807) is 27.7 Å². The predicted molar refractivity (Wildman–Crippen MR) is 94.5 cm³/mol. The Labute approximate surface area is 142 Å². The Morgan fingerprint density at radius 1 is 0.783 bits per heavy atom. The Kier molecular flexibility index (Phi) is 6.23. The monoisotopic (exact) mass is 371 g/mol. The smallest absolute Gasteiger partial charge is 0.270 e. The molecule has 0 radical (unpaired) electrons. The lowest BCUT2D eigenvalue weighted by Gasteiger charge is -2.59. The fourth-order valence-electron chi connectivity index (χ4n) is 3.80. The van der Waals surface area contributed by atoms with Gasteiger partial charge in [0, 0.05) is 0 Å². The van der Waals surface area contributed by atoms with E-state index >= 15 is 0 Å². The van der Waals surface area contributed by atoms with Gasteiger partial charge in [-0.05, 0) is 58.4 Å². The maximum Gasteiger partial charge on any atom is 0.270 e. The molecule has 0 saturated carbocycles. The van der Waals surface area contributed by atoms with Gasteiger partial charge in [-0.15, -0.1) is 0 Å². The van der Waals surface area contributed by atoms with E-state index in [9.17, 15) is 21.4 Å². The van der Waals surface area contributed by atoms with Crippen molar-refractivity contribution >= 4 is 20.1 Å². The molecule has 8 heteroatoms. The first-order valence-electron chi connectivity index (χ1n) is 7.83. The Morgan fingerprint density at radius 3 is 1.30 bits per heavy atom. The zero-order chi connectivity index (χ0) is 19.1. The predicted octanol–water partition coefficient (Wildman–Crippen LogP) is 2.81. The molecule has 6 nitrogen and oxygen atoms in total. The van der Waals surface area contributed by atoms with Gasteiger partial charge in [0.15, 0.2) is 0 Å². The van der Waals surface area contributed by atoms with Crippen LogP contribution in [0.1, 0.15) is 68.2 Å². The molecular formula is C15H33NO5S2. The van der Waals surface area contributed by atoms with Crippen LogP contribution in [0, 0.1) is 10.8 Å². The molecule has 0 spiro atoms. The lowest BCUT2D eigenvalue weighted by molar-refractivity contribution is -0.00749. The van der Waals surface area contributed by atoms with Crippen LogP contribution in [0.5, 0.6) is 0 Å². The lowest BCUT2D eigenvalue weighted by Crippen LogP contribution is -2.65. The lowest BCUT2D eigenvalue weighted by atomic mass is 9.52. The highest BCUT2D eigenvalue weighted by molar-refractivity contribution is 7.90. The van der Waals surface area contributed by atoms with Crippen molar-refractivity contribution in [2.24, 2.45) is 10.8 Å². The summed E-state index contributed by atoms with van der Waals surface area (Å²) in [6.07, 6.45) is 0.830. The highest BCUT2D eigenvalue weighted by atomic mass is 32.2. The van der Waals surface area contributed by atoms with E-state index < -0.39 is 40.5 Å². The normalized spacial score (nSPS) is 19.9. The molecule has 0 saturated heterocycles. The average Bonchev–Trinajstić information content (AvgIpc) is 2.43. The Hall–Kier alpha value is -0.180. The molecule has 0 fully saturated rings. The zero-order valence-corrected chi connectivity index (χ0v) is 17.4. The van der Waals surface area contributed by atoms with Crippen molar-refractivity contribution in [2.45, 2.75) is 77.7 Å². The standard InChI is InChI=1S/C15H33NO5S2/c1-10-14(7,12(3,4)22(17,18)16-9)15(8,11-2)13(5,6)23(19,20)21/h16H,10-11H2,1-9H3,(H,19,20,21). The average molecular weight is 372 g/mol. The highest BCUT2D eigenvalue weighted by Crippen LogP contribution is 2.60. The summed E-state index contributed by atoms with van der Waals surface area (Å²) in [7, 11) is -6.73. The van der Waals surface area contributed by atoms with Gasteiger partial charge in [-0.2, -0.15) is 8.42 Å². The van der Waals surface area contributed by atoms with Crippen LogP contribution in [-0.2, 0) is 20.1 Å². The largest absolute Gasteiger partial charge is 0.285 e. The highest BCUT2D eigenvalue weighted by Gasteiger charge is 2.65. The van der Waals surface area contributed by atoms with Crippen LogP contribution in [0.25, 0.3) is 0 Å². The maximum atomic E-state index is 12.6. The molecular weight excluding hydrogens is 338 g/mol. The molecule has 0 amide bonds. The molecule has 0 aromatic rings. The number of hydrogen-bond donors (Lipinski definition) is 2. The zero-order valence-electron chi connectivity index (χ0n) is 15.8. The van der Waals surface area contributed by atoms with Crippen LogP contribution >= 0.6 is 0 Å². The minimum Gasteiger partial charge on any atom is -0.285 e. The molecule has 0 aromatic carbocycles.